The topological polar surface area (TPSA) is 16.1 Å². The molecule has 0 fully saturated rings. The molecule has 45 heavy (non-hydrogen) atoms. The summed E-state index contributed by atoms with van der Waals surface area (Å²) in [4.78, 5) is 7.28. The van der Waals surface area contributed by atoms with Crippen LogP contribution in [-0.4, -0.2) is 4.98 Å². The third kappa shape index (κ3) is 4.80. The van der Waals surface area contributed by atoms with Crippen molar-refractivity contribution in [2.45, 2.75) is 26.2 Å². The van der Waals surface area contributed by atoms with Gasteiger partial charge in [-0.05, 0) is 91.3 Å². The Balaban J connectivity index is 1.15. The van der Waals surface area contributed by atoms with Crippen LogP contribution < -0.4 is 4.90 Å². The van der Waals surface area contributed by atoms with E-state index in [-0.39, 0.29) is 5.41 Å². The summed E-state index contributed by atoms with van der Waals surface area (Å²) in [6.07, 6.45) is 2.00. The standard InChI is InChI=1S/C43H34N2/c1-43(2,3)34-26-31-15-14-30-18-23-38(39-24-19-32(27-34)41(31)42(30)39)40-25-20-33(28-44-40)29-16-21-37(22-17-29)45(35-10-6-4-7-11-35)36-12-8-5-9-13-36/h4-28H,1-3H3. The Kier molecular flexibility index (Phi) is 6.39. The largest absolute Gasteiger partial charge is 0.311 e. The minimum absolute atomic E-state index is 0.102. The highest BCUT2D eigenvalue weighted by Crippen LogP contribution is 2.41. The summed E-state index contributed by atoms with van der Waals surface area (Å²) in [5.74, 6) is 0. The van der Waals surface area contributed by atoms with Crippen LogP contribution in [0.1, 0.15) is 26.3 Å². The maximum absolute atomic E-state index is 5.00. The summed E-state index contributed by atoms with van der Waals surface area (Å²) in [6, 6.07) is 52.4. The number of pyridine rings is 1. The van der Waals surface area contributed by atoms with Gasteiger partial charge in [-0.25, -0.2) is 0 Å². The fourth-order valence-electron chi connectivity index (χ4n) is 6.60. The van der Waals surface area contributed by atoms with Gasteiger partial charge in [0.1, 0.15) is 0 Å². The average Bonchev–Trinajstić information content (AvgIpc) is 3.08. The smallest absolute Gasteiger partial charge is 0.0708 e. The van der Waals surface area contributed by atoms with Gasteiger partial charge in [-0.2, -0.15) is 0 Å². The third-order valence-corrected chi connectivity index (χ3v) is 8.99. The number of benzene rings is 7. The summed E-state index contributed by atoms with van der Waals surface area (Å²) < 4.78 is 0. The Bertz CT molecular complexity index is 2200. The lowest BCUT2D eigenvalue weighted by Crippen LogP contribution is -2.10. The molecular formula is C43H34N2. The molecule has 0 bridgehead atoms. The van der Waals surface area contributed by atoms with Crippen molar-refractivity contribution < 1.29 is 0 Å². The highest BCUT2D eigenvalue weighted by atomic mass is 15.1. The van der Waals surface area contributed by atoms with Crippen molar-refractivity contribution in [2.24, 2.45) is 0 Å². The van der Waals surface area contributed by atoms with Gasteiger partial charge in [0.15, 0.2) is 0 Å². The van der Waals surface area contributed by atoms with Gasteiger partial charge in [-0.15, -0.1) is 0 Å². The van der Waals surface area contributed by atoms with Crippen LogP contribution in [0.4, 0.5) is 17.1 Å². The number of nitrogens with zero attached hydrogens (tertiary/aromatic N) is 2. The monoisotopic (exact) mass is 578 g/mol. The molecule has 0 atom stereocenters. The van der Waals surface area contributed by atoms with E-state index in [9.17, 15) is 0 Å². The number of hydrogen-bond acceptors (Lipinski definition) is 2. The Labute approximate surface area is 264 Å². The summed E-state index contributed by atoms with van der Waals surface area (Å²) in [5.41, 5.74) is 9.24. The lowest BCUT2D eigenvalue weighted by Gasteiger charge is -2.25. The zero-order valence-corrected chi connectivity index (χ0v) is 25.8. The van der Waals surface area contributed by atoms with Gasteiger partial charge >= 0.3 is 0 Å². The van der Waals surface area contributed by atoms with E-state index in [1.165, 1.54) is 43.4 Å². The highest BCUT2D eigenvalue weighted by Gasteiger charge is 2.18. The Morgan fingerprint density at radius 2 is 1.04 bits per heavy atom. The van der Waals surface area contributed by atoms with Crippen LogP contribution in [0.5, 0.6) is 0 Å². The first-order valence-electron chi connectivity index (χ1n) is 15.6. The summed E-state index contributed by atoms with van der Waals surface area (Å²) >= 11 is 0. The van der Waals surface area contributed by atoms with Crippen molar-refractivity contribution in [2.75, 3.05) is 4.90 Å². The molecule has 1 aromatic heterocycles. The Morgan fingerprint density at radius 1 is 0.489 bits per heavy atom. The SMILES string of the molecule is CC(C)(C)c1cc2ccc3ccc(-c4ccc(-c5ccc(N(c6ccccc6)c6ccccc6)cc5)cn4)c4ccc(c1)c2c34. The van der Waals surface area contributed by atoms with E-state index in [1.54, 1.807) is 0 Å². The zero-order chi connectivity index (χ0) is 30.5. The Morgan fingerprint density at radius 3 is 1.64 bits per heavy atom. The molecule has 0 aliphatic rings. The summed E-state index contributed by atoms with van der Waals surface area (Å²) in [6.45, 7) is 6.85. The molecule has 0 radical (unpaired) electrons. The fourth-order valence-corrected chi connectivity index (χ4v) is 6.60. The summed E-state index contributed by atoms with van der Waals surface area (Å²) in [5, 5.41) is 7.80. The van der Waals surface area contributed by atoms with Gasteiger partial charge in [0, 0.05) is 34.4 Å². The molecule has 0 spiro atoms. The van der Waals surface area contributed by atoms with Crippen LogP contribution in [0.25, 0.3) is 54.7 Å². The predicted molar refractivity (Wildman–Crippen MR) is 192 cm³/mol. The molecule has 0 saturated heterocycles. The first-order chi connectivity index (χ1) is 21.9. The number of para-hydroxylation sites is 2. The molecule has 2 heteroatoms. The number of hydrogen-bond donors (Lipinski definition) is 0. The van der Waals surface area contributed by atoms with Gasteiger partial charge in [0.25, 0.3) is 0 Å². The highest BCUT2D eigenvalue weighted by molar-refractivity contribution is 6.25. The first kappa shape index (κ1) is 27.1. The second kappa shape index (κ2) is 10.6. The molecule has 0 amide bonds. The van der Waals surface area contributed by atoms with Crippen LogP contribution in [0, 0.1) is 0 Å². The summed E-state index contributed by atoms with van der Waals surface area (Å²) in [7, 11) is 0. The second-order valence-corrected chi connectivity index (χ2v) is 12.9. The van der Waals surface area contributed by atoms with Crippen molar-refractivity contribution in [3.05, 3.63) is 157 Å². The van der Waals surface area contributed by atoms with Crippen LogP contribution in [-0.2, 0) is 5.41 Å². The molecule has 216 valence electrons. The van der Waals surface area contributed by atoms with Crippen LogP contribution in [0.3, 0.4) is 0 Å². The van der Waals surface area contributed by atoms with Crippen molar-refractivity contribution in [1.82, 2.24) is 4.98 Å². The average molecular weight is 579 g/mol. The molecule has 8 aromatic rings. The van der Waals surface area contributed by atoms with Gasteiger partial charge in [-0.3, -0.25) is 4.98 Å². The molecule has 0 aliphatic carbocycles. The quantitative estimate of drug-likeness (QED) is 0.189. The van der Waals surface area contributed by atoms with E-state index in [0.29, 0.717) is 0 Å². The molecule has 1 heterocycles. The minimum Gasteiger partial charge on any atom is -0.311 e. The number of anilines is 3. The van der Waals surface area contributed by atoms with Gasteiger partial charge in [0.2, 0.25) is 0 Å². The minimum atomic E-state index is 0.102. The molecule has 7 aromatic carbocycles. The second-order valence-electron chi connectivity index (χ2n) is 12.9. The molecule has 0 aliphatic heterocycles. The molecule has 0 saturated carbocycles. The van der Waals surface area contributed by atoms with Crippen LogP contribution in [0.15, 0.2) is 152 Å². The fraction of sp³-hybridized carbons (Fsp3) is 0.0930. The van der Waals surface area contributed by atoms with Crippen molar-refractivity contribution in [1.29, 1.82) is 0 Å². The predicted octanol–water partition coefficient (Wildman–Crippen LogP) is 12.1. The molecule has 2 nitrogen and oxygen atoms in total. The molecule has 8 rings (SSSR count). The first-order valence-corrected chi connectivity index (χ1v) is 15.6. The lowest BCUT2D eigenvalue weighted by atomic mass is 9.83. The van der Waals surface area contributed by atoms with E-state index >= 15 is 0 Å². The number of rotatable bonds is 5. The van der Waals surface area contributed by atoms with Gasteiger partial charge in [-0.1, -0.05) is 124 Å². The zero-order valence-electron chi connectivity index (χ0n) is 25.8. The van der Waals surface area contributed by atoms with Crippen molar-refractivity contribution in [3.8, 4) is 22.4 Å². The molecule has 0 unspecified atom stereocenters. The number of aromatic nitrogens is 1. The van der Waals surface area contributed by atoms with Crippen LogP contribution in [0.2, 0.25) is 0 Å². The third-order valence-electron chi connectivity index (χ3n) is 8.99. The normalized spacial score (nSPS) is 11.9. The van der Waals surface area contributed by atoms with E-state index in [4.69, 9.17) is 4.98 Å². The molecular weight excluding hydrogens is 544 g/mol. The maximum atomic E-state index is 5.00. The van der Waals surface area contributed by atoms with E-state index in [0.717, 1.165) is 33.9 Å². The Hall–Kier alpha value is -5.47. The van der Waals surface area contributed by atoms with E-state index < -0.39 is 0 Å². The van der Waals surface area contributed by atoms with Gasteiger partial charge in [0.05, 0.1) is 5.69 Å². The van der Waals surface area contributed by atoms with Crippen LogP contribution >= 0.6 is 0 Å². The van der Waals surface area contributed by atoms with Crippen molar-refractivity contribution >= 4 is 49.4 Å². The lowest BCUT2D eigenvalue weighted by molar-refractivity contribution is 0.591. The van der Waals surface area contributed by atoms with Gasteiger partial charge < -0.3 is 4.90 Å². The van der Waals surface area contributed by atoms with E-state index in [1.807, 2.05) is 6.20 Å². The van der Waals surface area contributed by atoms with Crippen molar-refractivity contribution in [3.63, 3.8) is 0 Å². The van der Waals surface area contributed by atoms with E-state index in [2.05, 4.69) is 171 Å². The maximum Gasteiger partial charge on any atom is 0.0708 e. The molecule has 0 N–H and O–H groups in total.